The molecule has 2 aliphatic rings. The summed E-state index contributed by atoms with van der Waals surface area (Å²) in [7, 11) is 0. The van der Waals surface area contributed by atoms with Crippen LogP contribution in [-0.4, -0.2) is 38.8 Å². The highest BCUT2D eigenvalue weighted by Crippen LogP contribution is 2.37. The second-order valence-corrected chi connectivity index (χ2v) is 7.70. The molecule has 1 aromatic carbocycles. The van der Waals surface area contributed by atoms with Crippen LogP contribution >= 0.6 is 23.5 Å². The Hall–Kier alpha value is -0.940. The molecule has 0 aliphatic carbocycles. The summed E-state index contributed by atoms with van der Waals surface area (Å²) < 4.78 is 0.513. The second-order valence-electron chi connectivity index (χ2n) is 4.78. The number of hydrogen-bond donors (Lipinski definition) is 0. The summed E-state index contributed by atoms with van der Waals surface area (Å²) in [5, 5.41) is 0. The molecule has 2 aliphatic heterocycles. The normalized spacial score (nSPS) is 21.0. The number of hydrogen-bond acceptors (Lipinski definition) is 4. The molecule has 1 fully saturated rings. The number of fused-ring (bicyclic) bond motifs is 1. The maximum atomic E-state index is 12.3. The zero-order valence-electron chi connectivity index (χ0n) is 10.7. The first-order valence-electron chi connectivity index (χ1n) is 6.38. The molecule has 2 heterocycles. The van der Waals surface area contributed by atoms with Gasteiger partial charge in [0.15, 0.2) is 0 Å². The van der Waals surface area contributed by atoms with E-state index < -0.39 is 0 Å². The van der Waals surface area contributed by atoms with Crippen LogP contribution in [0.3, 0.4) is 0 Å². The highest BCUT2D eigenvalue weighted by atomic mass is 32.2. The lowest BCUT2D eigenvalue weighted by Gasteiger charge is -2.24. The van der Waals surface area contributed by atoms with Gasteiger partial charge in [0.2, 0.25) is 0 Å². The van der Waals surface area contributed by atoms with Gasteiger partial charge in [0, 0.05) is 17.5 Å². The van der Waals surface area contributed by atoms with E-state index in [1.165, 1.54) is 16.4 Å². The minimum Gasteiger partial charge on any atom is -0.271 e. The van der Waals surface area contributed by atoms with Crippen LogP contribution in [0.1, 0.15) is 34.1 Å². The highest BCUT2D eigenvalue weighted by molar-refractivity contribution is 8.20. The van der Waals surface area contributed by atoms with Crippen molar-refractivity contribution in [3.63, 3.8) is 0 Å². The Morgan fingerprint density at radius 2 is 1.68 bits per heavy atom. The summed E-state index contributed by atoms with van der Waals surface area (Å²) in [5.41, 5.74) is 1.09. The molecule has 0 aromatic heterocycles. The average molecular weight is 293 g/mol. The SMILES string of the molecule is C[C@@H](CC1SCCS1)N1C(=O)c2ccccc2C1=O. The lowest BCUT2D eigenvalue weighted by atomic mass is 10.1. The van der Waals surface area contributed by atoms with Crippen molar-refractivity contribution in [3.05, 3.63) is 35.4 Å². The zero-order chi connectivity index (χ0) is 13.4. The van der Waals surface area contributed by atoms with Crippen molar-refractivity contribution >= 4 is 35.3 Å². The van der Waals surface area contributed by atoms with Crippen LogP contribution in [0.2, 0.25) is 0 Å². The molecule has 100 valence electrons. The monoisotopic (exact) mass is 293 g/mol. The number of rotatable bonds is 3. The fourth-order valence-corrected chi connectivity index (χ4v) is 5.62. The van der Waals surface area contributed by atoms with Gasteiger partial charge in [-0.25, -0.2) is 0 Å². The fourth-order valence-electron chi connectivity index (χ4n) is 2.54. The van der Waals surface area contributed by atoms with E-state index in [1.807, 2.05) is 30.4 Å². The van der Waals surface area contributed by atoms with Gasteiger partial charge in [0.1, 0.15) is 0 Å². The van der Waals surface area contributed by atoms with Crippen LogP contribution in [0.4, 0.5) is 0 Å². The van der Waals surface area contributed by atoms with Gasteiger partial charge in [-0.1, -0.05) is 12.1 Å². The van der Waals surface area contributed by atoms with E-state index in [-0.39, 0.29) is 17.9 Å². The third-order valence-corrected chi connectivity index (χ3v) is 6.57. The van der Waals surface area contributed by atoms with Gasteiger partial charge < -0.3 is 0 Å². The first-order valence-corrected chi connectivity index (χ1v) is 8.48. The summed E-state index contributed by atoms with van der Waals surface area (Å²) in [4.78, 5) is 26.1. The maximum Gasteiger partial charge on any atom is 0.261 e. The highest BCUT2D eigenvalue weighted by Gasteiger charge is 2.38. The van der Waals surface area contributed by atoms with Gasteiger partial charge in [0.05, 0.1) is 15.7 Å². The molecule has 3 nitrogen and oxygen atoms in total. The number of benzene rings is 1. The van der Waals surface area contributed by atoms with Crippen molar-refractivity contribution in [1.82, 2.24) is 4.90 Å². The molecule has 0 spiro atoms. The predicted octanol–water partition coefficient (Wildman–Crippen LogP) is 2.87. The van der Waals surface area contributed by atoms with E-state index in [0.29, 0.717) is 15.7 Å². The predicted molar refractivity (Wildman–Crippen MR) is 79.7 cm³/mol. The van der Waals surface area contributed by atoms with E-state index in [0.717, 1.165) is 6.42 Å². The number of carbonyl (C=O) groups is 2. The van der Waals surface area contributed by atoms with Crippen molar-refractivity contribution < 1.29 is 9.59 Å². The molecule has 5 heteroatoms. The molecular weight excluding hydrogens is 278 g/mol. The van der Waals surface area contributed by atoms with Crippen molar-refractivity contribution in [1.29, 1.82) is 0 Å². The van der Waals surface area contributed by atoms with Crippen LogP contribution in [0.15, 0.2) is 24.3 Å². The number of imide groups is 1. The van der Waals surface area contributed by atoms with E-state index in [9.17, 15) is 9.59 Å². The van der Waals surface area contributed by atoms with Gasteiger partial charge >= 0.3 is 0 Å². The molecule has 0 N–H and O–H groups in total. The maximum absolute atomic E-state index is 12.3. The molecule has 0 bridgehead atoms. The van der Waals surface area contributed by atoms with Crippen LogP contribution in [-0.2, 0) is 0 Å². The summed E-state index contributed by atoms with van der Waals surface area (Å²) in [6.07, 6.45) is 0.876. The lowest BCUT2D eigenvalue weighted by Crippen LogP contribution is -2.39. The Labute approximate surface area is 121 Å². The average Bonchev–Trinajstić information content (AvgIpc) is 2.99. The lowest BCUT2D eigenvalue weighted by molar-refractivity contribution is 0.0593. The number of thioether (sulfide) groups is 2. The standard InChI is InChI=1S/C14H15NO2S2/c1-9(8-12-18-6-7-19-12)15-13(16)10-4-2-3-5-11(10)14(15)17/h2-5,9,12H,6-8H2,1H3/t9-/m0/s1. The molecule has 1 saturated heterocycles. The number of amides is 2. The minimum absolute atomic E-state index is 0.0319. The topological polar surface area (TPSA) is 37.4 Å². The smallest absolute Gasteiger partial charge is 0.261 e. The van der Waals surface area contributed by atoms with Gasteiger partial charge in [-0.3, -0.25) is 14.5 Å². The van der Waals surface area contributed by atoms with Gasteiger partial charge in [-0.05, 0) is 25.5 Å². The third kappa shape index (κ3) is 2.30. The van der Waals surface area contributed by atoms with Crippen LogP contribution in [0, 0.1) is 0 Å². The van der Waals surface area contributed by atoms with E-state index in [2.05, 4.69) is 0 Å². The largest absolute Gasteiger partial charge is 0.271 e. The summed E-state index contributed by atoms with van der Waals surface area (Å²) >= 11 is 3.86. The summed E-state index contributed by atoms with van der Waals surface area (Å²) in [6, 6.07) is 7.06. The number of carbonyl (C=O) groups excluding carboxylic acids is 2. The van der Waals surface area contributed by atoms with Gasteiger partial charge in [0.25, 0.3) is 11.8 Å². The van der Waals surface area contributed by atoms with E-state index in [4.69, 9.17) is 0 Å². The molecule has 0 radical (unpaired) electrons. The molecular formula is C14H15NO2S2. The van der Waals surface area contributed by atoms with E-state index >= 15 is 0 Å². The first-order chi connectivity index (χ1) is 9.18. The van der Waals surface area contributed by atoms with Crippen LogP contribution in [0.5, 0.6) is 0 Å². The quantitative estimate of drug-likeness (QED) is 0.803. The van der Waals surface area contributed by atoms with Crippen molar-refractivity contribution in [2.45, 2.75) is 24.0 Å². The first kappa shape index (κ1) is 13.1. The molecule has 3 rings (SSSR count). The van der Waals surface area contributed by atoms with Crippen molar-refractivity contribution in [2.24, 2.45) is 0 Å². The number of nitrogens with zero attached hydrogens (tertiary/aromatic N) is 1. The Bertz CT molecular complexity index is 491. The molecule has 19 heavy (non-hydrogen) atoms. The summed E-state index contributed by atoms with van der Waals surface area (Å²) in [5.74, 6) is 2.07. The Morgan fingerprint density at radius 1 is 1.16 bits per heavy atom. The molecule has 0 unspecified atom stereocenters. The van der Waals surface area contributed by atoms with Crippen LogP contribution in [0.25, 0.3) is 0 Å². The molecule has 0 saturated carbocycles. The molecule has 1 aromatic rings. The van der Waals surface area contributed by atoms with Crippen LogP contribution < -0.4 is 0 Å². The van der Waals surface area contributed by atoms with E-state index in [1.54, 1.807) is 24.3 Å². The minimum atomic E-state index is -0.138. The summed E-state index contributed by atoms with van der Waals surface area (Å²) in [6.45, 7) is 1.97. The third-order valence-electron chi connectivity index (χ3n) is 3.49. The zero-order valence-corrected chi connectivity index (χ0v) is 12.3. The molecule has 2 amide bonds. The fraction of sp³-hybridized carbons (Fsp3) is 0.429. The Kier molecular flexibility index (Phi) is 3.58. The van der Waals surface area contributed by atoms with Gasteiger partial charge in [-0.2, -0.15) is 0 Å². The van der Waals surface area contributed by atoms with Crippen molar-refractivity contribution in [3.8, 4) is 0 Å². The van der Waals surface area contributed by atoms with Crippen molar-refractivity contribution in [2.75, 3.05) is 11.5 Å². The Morgan fingerprint density at radius 3 is 2.21 bits per heavy atom. The molecule has 1 atom stereocenters. The Balaban J connectivity index is 1.79. The second kappa shape index (κ2) is 5.21. The van der Waals surface area contributed by atoms with Gasteiger partial charge in [-0.15, -0.1) is 23.5 Å².